The van der Waals surface area contributed by atoms with E-state index in [9.17, 15) is 8.42 Å². The molecule has 0 aliphatic heterocycles. The van der Waals surface area contributed by atoms with Crippen molar-refractivity contribution in [1.82, 2.24) is 9.71 Å². The van der Waals surface area contributed by atoms with E-state index in [0.29, 0.717) is 11.6 Å². The van der Waals surface area contributed by atoms with Gasteiger partial charge in [-0.05, 0) is 11.6 Å². The summed E-state index contributed by atoms with van der Waals surface area (Å²) in [6.07, 6.45) is 1.56. The largest absolute Gasteiger partial charge is 0.481 e. The fraction of sp³-hybridized carbons (Fsp3) is 0.182. The van der Waals surface area contributed by atoms with Crippen molar-refractivity contribution >= 4 is 27.0 Å². The number of nitrogens with two attached hydrogens (primary N) is 1. The first-order chi connectivity index (χ1) is 9.01. The number of thiophene rings is 1. The standard InChI is InChI=1S/C11H13N3O3S2/c1-17-10-3-2-8(5-13-10)6-14-19(15,16)11-4-9(12)7-18-11/h2-5,7,14H,6,12H2,1H3. The number of aromatic nitrogens is 1. The fourth-order valence-electron chi connectivity index (χ4n) is 1.36. The monoisotopic (exact) mass is 299 g/mol. The number of anilines is 1. The van der Waals surface area contributed by atoms with Gasteiger partial charge in [-0.25, -0.2) is 18.1 Å². The van der Waals surface area contributed by atoms with Crippen LogP contribution in [-0.2, 0) is 16.6 Å². The Hall–Kier alpha value is -1.64. The van der Waals surface area contributed by atoms with Crippen LogP contribution in [0.2, 0.25) is 0 Å². The summed E-state index contributed by atoms with van der Waals surface area (Å²) in [7, 11) is -2.00. The number of rotatable bonds is 5. The minimum absolute atomic E-state index is 0.164. The summed E-state index contributed by atoms with van der Waals surface area (Å²) in [5, 5.41) is 1.59. The first-order valence-corrected chi connectivity index (χ1v) is 7.70. The fourth-order valence-corrected chi connectivity index (χ4v) is 3.50. The lowest BCUT2D eigenvalue weighted by Gasteiger charge is -2.05. The van der Waals surface area contributed by atoms with Crippen molar-refractivity contribution in [1.29, 1.82) is 0 Å². The zero-order chi connectivity index (χ0) is 13.9. The Bertz CT molecular complexity index is 650. The van der Waals surface area contributed by atoms with E-state index in [1.807, 2.05) is 0 Å². The molecule has 8 heteroatoms. The highest BCUT2D eigenvalue weighted by Crippen LogP contribution is 2.21. The Labute approximate surface area is 115 Å². The summed E-state index contributed by atoms with van der Waals surface area (Å²) in [4.78, 5) is 4.00. The number of hydrogen-bond acceptors (Lipinski definition) is 6. The van der Waals surface area contributed by atoms with Gasteiger partial charge in [0.1, 0.15) is 4.21 Å². The predicted octanol–water partition coefficient (Wildman–Crippen LogP) is 1.21. The van der Waals surface area contributed by atoms with Crippen molar-refractivity contribution in [3.63, 3.8) is 0 Å². The minimum Gasteiger partial charge on any atom is -0.481 e. The molecular weight excluding hydrogens is 286 g/mol. The van der Waals surface area contributed by atoms with E-state index in [-0.39, 0.29) is 10.8 Å². The molecule has 2 aromatic rings. The third kappa shape index (κ3) is 3.43. The maximum Gasteiger partial charge on any atom is 0.250 e. The van der Waals surface area contributed by atoms with Crippen LogP contribution in [0.25, 0.3) is 0 Å². The second kappa shape index (κ2) is 5.55. The first kappa shape index (κ1) is 13.8. The third-order valence-electron chi connectivity index (χ3n) is 2.33. The Balaban J connectivity index is 2.05. The van der Waals surface area contributed by atoms with Crippen molar-refractivity contribution in [3.05, 3.63) is 35.3 Å². The van der Waals surface area contributed by atoms with E-state index in [2.05, 4.69) is 9.71 Å². The lowest BCUT2D eigenvalue weighted by molar-refractivity contribution is 0.397. The third-order valence-corrected chi connectivity index (χ3v) is 5.19. The van der Waals surface area contributed by atoms with Gasteiger partial charge >= 0.3 is 0 Å². The molecule has 0 fully saturated rings. The zero-order valence-corrected chi connectivity index (χ0v) is 11.8. The first-order valence-electron chi connectivity index (χ1n) is 5.34. The van der Waals surface area contributed by atoms with Crippen LogP contribution in [0.4, 0.5) is 5.69 Å². The van der Waals surface area contributed by atoms with Crippen molar-refractivity contribution in [3.8, 4) is 5.88 Å². The Morgan fingerprint density at radius 2 is 2.26 bits per heavy atom. The number of nitrogens with one attached hydrogen (secondary N) is 1. The number of nitrogen functional groups attached to an aromatic ring is 1. The highest BCUT2D eigenvalue weighted by molar-refractivity contribution is 7.91. The minimum atomic E-state index is -3.52. The maximum absolute atomic E-state index is 11.9. The van der Waals surface area contributed by atoms with E-state index in [1.165, 1.54) is 13.2 Å². The molecule has 0 saturated heterocycles. The van der Waals surface area contributed by atoms with Gasteiger partial charge in [0.15, 0.2) is 0 Å². The van der Waals surface area contributed by atoms with E-state index in [4.69, 9.17) is 10.5 Å². The average molecular weight is 299 g/mol. The highest BCUT2D eigenvalue weighted by Gasteiger charge is 2.15. The van der Waals surface area contributed by atoms with Gasteiger partial charge in [0, 0.05) is 29.9 Å². The Morgan fingerprint density at radius 3 is 2.79 bits per heavy atom. The van der Waals surface area contributed by atoms with Crippen molar-refractivity contribution in [2.45, 2.75) is 10.8 Å². The molecule has 0 radical (unpaired) electrons. The molecule has 0 spiro atoms. The molecule has 0 aliphatic carbocycles. The van der Waals surface area contributed by atoms with Gasteiger partial charge in [0.05, 0.1) is 7.11 Å². The van der Waals surface area contributed by atoms with Crippen LogP contribution in [0.3, 0.4) is 0 Å². The van der Waals surface area contributed by atoms with Gasteiger partial charge in [-0.1, -0.05) is 6.07 Å². The second-order valence-corrected chi connectivity index (χ2v) is 6.64. The number of ether oxygens (including phenoxy) is 1. The van der Waals surface area contributed by atoms with Gasteiger partial charge in [0.25, 0.3) is 0 Å². The molecule has 2 rings (SSSR count). The molecule has 0 saturated carbocycles. The number of pyridine rings is 1. The molecule has 0 bridgehead atoms. The molecule has 0 aliphatic rings. The Kier molecular flexibility index (Phi) is 4.03. The quantitative estimate of drug-likeness (QED) is 0.865. The summed E-state index contributed by atoms with van der Waals surface area (Å²) in [6.45, 7) is 0.164. The number of nitrogens with zero attached hydrogens (tertiary/aromatic N) is 1. The molecule has 0 unspecified atom stereocenters. The highest BCUT2D eigenvalue weighted by atomic mass is 32.2. The molecule has 0 aromatic carbocycles. The number of methoxy groups -OCH3 is 1. The van der Waals surface area contributed by atoms with E-state index in [0.717, 1.165) is 16.9 Å². The molecule has 2 aromatic heterocycles. The topological polar surface area (TPSA) is 94.3 Å². The molecular formula is C11H13N3O3S2. The van der Waals surface area contributed by atoms with Gasteiger partial charge in [-0.15, -0.1) is 11.3 Å². The van der Waals surface area contributed by atoms with Crippen LogP contribution < -0.4 is 15.2 Å². The summed E-state index contributed by atoms with van der Waals surface area (Å²) in [5.74, 6) is 0.484. The number of sulfonamides is 1. The predicted molar refractivity (Wildman–Crippen MR) is 73.5 cm³/mol. The molecule has 102 valence electrons. The molecule has 3 N–H and O–H groups in total. The van der Waals surface area contributed by atoms with E-state index < -0.39 is 10.0 Å². The lowest BCUT2D eigenvalue weighted by atomic mass is 10.3. The zero-order valence-electron chi connectivity index (χ0n) is 10.2. The lowest BCUT2D eigenvalue weighted by Crippen LogP contribution is -2.22. The van der Waals surface area contributed by atoms with Crippen LogP contribution in [0.1, 0.15) is 5.56 Å². The van der Waals surface area contributed by atoms with Gasteiger partial charge in [-0.3, -0.25) is 0 Å². The van der Waals surface area contributed by atoms with Crippen LogP contribution in [-0.4, -0.2) is 20.5 Å². The van der Waals surface area contributed by atoms with Crippen molar-refractivity contribution in [2.24, 2.45) is 0 Å². The molecule has 6 nitrogen and oxygen atoms in total. The summed E-state index contributed by atoms with van der Waals surface area (Å²) < 4.78 is 31.5. The van der Waals surface area contributed by atoms with Crippen LogP contribution in [0.5, 0.6) is 5.88 Å². The SMILES string of the molecule is COc1ccc(CNS(=O)(=O)c2cc(N)cs2)cn1. The summed E-state index contributed by atoms with van der Waals surface area (Å²) in [6, 6.07) is 4.85. The van der Waals surface area contributed by atoms with Crippen LogP contribution >= 0.6 is 11.3 Å². The van der Waals surface area contributed by atoms with E-state index in [1.54, 1.807) is 23.7 Å². The molecule has 0 amide bonds. The molecule has 19 heavy (non-hydrogen) atoms. The van der Waals surface area contributed by atoms with Crippen LogP contribution in [0.15, 0.2) is 34.0 Å². The number of hydrogen-bond donors (Lipinski definition) is 2. The smallest absolute Gasteiger partial charge is 0.250 e. The Morgan fingerprint density at radius 1 is 1.47 bits per heavy atom. The average Bonchev–Trinajstić information content (AvgIpc) is 2.85. The maximum atomic E-state index is 11.9. The second-order valence-electron chi connectivity index (χ2n) is 3.73. The van der Waals surface area contributed by atoms with Gasteiger partial charge in [0.2, 0.25) is 15.9 Å². The van der Waals surface area contributed by atoms with Gasteiger partial charge < -0.3 is 10.5 Å². The van der Waals surface area contributed by atoms with Crippen molar-refractivity contribution < 1.29 is 13.2 Å². The molecule has 0 atom stereocenters. The summed E-state index contributed by atoms with van der Waals surface area (Å²) in [5.41, 5.74) is 6.69. The van der Waals surface area contributed by atoms with Gasteiger partial charge in [-0.2, -0.15) is 0 Å². The van der Waals surface area contributed by atoms with E-state index >= 15 is 0 Å². The molecule has 2 heterocycles. The van der Waals surface area contributed by atoms with Crippen LogP contribution in [0, 0.1) is 0 Å². The summed E-state index contributed by atoms with van der Waals surface area (Å²) >= 11 is 1.09. The normalized spacial score (nSPS) is 11.4. The van der Waals surface area contributed by atoms with Crippen molar-refractivity contribution in [2.75, 3.05) is 12.8 Å².